The van der Waals surface area contributed by atoms with Crippen molar-refractivity contribution in [1.82, 2.24) is 15.0 Å². The summed E-state index contributed by atoms with van der Waals surface area (Å²) in [5.41, 5.74) is 0.0995. The molecule has 2 rings (SSSR count). The number of hydrogen-bond donors (Lipinski definition) is 0. The zero-order valence-corrected chi connectivity index (χ0v) is 8.56. The second-order valence-electron chi connectivity index (χ2n) is 2.69. The van der Waals surface area contributed by atoms with Gasteiger partial charge in [-0.2, -0.15) is 0 Å². The molecule has 0 radical (unpaired) electrons. The summed E-state index contributed by atoms with van der Waals surface area (Å²) < 4.78 is 13.4. The van der Waals surface area contributed by atoms with E-state index in [4.69, 9.17) is 23.2 Å². The van der Waals surface area contributed by atoms with Gasteiger partial charge in [0, 0.05) is 6.20 Å². The van der Waals surface area contributed by atoms with Crippen LogP contribution in [0.2, 0.25) is 10.3 Å². The average Bonchev–Trinajstić information content (AvgIpc) is 2.12. The standard InChI is InChI=1S/C8H4Cl2FN3/c1-3-13-6-4(7(9)14-3)2-12-8(10)5(6)11/h2H,1H3. The van der Waals surface area contributed by atoms with Crippen LogP contribution < -0.4 is 0 Å². The Morgan fingerprint density at radius 1 is 1.21 bits per heavy atom. The Kier molecular flexibility index (Phi) is 2.25. The van der Waals surface area contributed by atoms with Gasteiger partial charge in [-0.05, 0) is 6.92 Å². The number of pyridine rings is 1. The van der Waals surface area contributed by atoms with Crippen LogP contribution in [0.5, 0.6) is 0 Å². The molecule has 0 amide bonds. The number of nitrogens with zero attached hydrogens (tertiary/aromatic N) is 3. The Labute approximate surface area is 88.9 Å². The Morgan fingerprint density at radius 2 is 1.93 bits per heavy atom. The van der Waals surface area contributed by atoms with Crippen molar-refractivity contribution < 1.29 is 4.39 Å². The highest BCUT2D eigenvalue weighted by Crippen LogP contribution is 2.24. The fourth-order valence-electron chi connectivity index (χ4n) is 1.10. The predicted molar refractivity (Wildman–Crippen MR) is 52.0 cm³/mol. The molecular formula is C8H4Cl2FN3. The van der Waals surface area contributed by atoms with Crippen molar-refractivity contribution >= 4 is 34.1 Å². The first-order chi connectivity index (χ1) is 6.59. The van der Waals surface area contributed by atoms with Gasteiger partial charge in [0.15, 0.2) is 11.0 Å². The van der Waals surface area contributed by atoms with Crippen molar-refractivity contribution in [3.05, 3.63) is 28.1 Å². The van der Waals surface area contributed by atoms with Crippen molar-refractivity contribution in [1.29, 1.82) is 0 Å². The van der Waals surface area contributed by atoms with Gasteiger partial charge in [-0.3, -0.25) is 0 Å². The molecule has 0 bridgehead atoms. The molecule has 2 heterocycles. The summed E-state index contributed by atoms with van der Waals surface area (Å²) in [4.78, 5) is 11.4. The minimum atomic E-state index is -0.670. The summed E-state index contributed by atoms with van der Waals surface area (Å²) >= 11 is 11.3. The molecule has 0 aliphatic heterocycles. The molecule has 0 aromatic carbocycles. The second-order valence-corrected chi connectivity index (χ2v) is 3.40. The SMILES string of the molecule is Cc1nc(Cl)c2cnc(Cl)c(F)c2n1. The van der Waals surface area contributed by atoms with Crippen molar-refractivity contribution in [3.8, 4) is 0 Å². The molecule has 0 atom stereocenters. The number of hydrogen-bond acceptors (Lipinski definition) is 3. The number of fused-ring (bicyclic) bond motifs is 1. The third kappa shape index (κ3) is 1.40. The smallest absolute Gasteiger partial charge is 0.186 e. The Hall–Kier alpha value is -1.00. The van der Waals surface area contributed by atoms with Crippen LogP contribution in [0, 0.1) is 12.7 Å². The van der Waals surface area contributed by atoms with Gasteiger partial charge >= 0.3 is 0 Å². The van der Waals surface area contributed by atoms with Gasteiger partial charge in [-0.15, -0.1) is 0 Å². The van der Waals surface area contributed by atoms with Gasteiger partial charge < -0.3 is 0 Å². The third-order valence-electron chi connectivity index (χ3n) is 1.71. The molecule has 0 unspecified atom stereocenters. The predicted octanol–water partition coefficient (Wildman–Crippen LogP) is 2.78. The van der Waals surface area contributed by atoms with E-state index in [1.165, 1.54) is 6.20 Å². The summed E-state index contributed by atoms with van der Waals surface area (Å²) in [6.07, 6.45) is 1.35. The second kappa shape index (κ2) is 3.29. The van der Waals surface area contributed by atoms with Crippen LogP contribution >= 0.6 is 23.2 Å². The van der Waals surface area contributed by atoms with Crippen LogP contribution in [-0.4, -0.2) is 15.0 Å². The molecule has 0 aliphatic carbocycles. The molecule has 0 N–H and O–H groups in total. The minimum Gasteiger partial charge on any atom is -0.241 e. The van der Waals surface area contributed by atoms with Gasteiger partial charge in [0.05, 0.1) is 5.39 Å². The highest BCUT2D eigenvalue weighted by molar-refractivity contribution is 6.34. The molecule has 2 aromatic rings. The molecule has 0 saturated carbocycles. The van der Waals surface area contributed by atoms with E-state index in [-0.39, 0.29) is 15.8 Å². The fraction of sp³-hybridized carbons (Fsp3) is 0.125. The lowest BCUT2D eigenvalue weighted by Gasteiger charge is -2.02. The van der Waals surface area contributed by atoms with E-state index in [9.17, 15) is 4.39 Å². The Bertz CT molecular complexity index is 515. The van der Waals surface area contributed by atoms with Crippen molar-refractivity contribution in [2.75, 3.05) is 0 Å². The van der Waals surface area contributed by atoms with Crippen molar-refractivity contribution in [2.45, 2.75) is 6.92 Å². The summed E-state index contributed by atoms with van der Waals surface area (Å²) in [5.74, 6) is -0.278. The zero-order chi connectivity index (χ0) is 10.3. The first kappa shape index (κ1) is 9.55. The van der Waals surface area contributed by atoms with Gasteiger partial charge in [0.25, 0.3) is 0 Å². The molecule has 2 aromatic heterocycles. The maximum Gasteiger partial charge on any atom is 0.186 e. The molecule has 14 heavy (non-hydrogen) atoms. The summed E-state index contributed by atoms with van der Waals surface area (Å²) in [5, 5.41) is 0.321. The number of aromatic nitrogens is 3. The van der Waals surface area contributed by atoms with E-state index in [1.807, 2.05) is 0 Å². The van der Waals surface area contributed by atoms with E-state index >= 15 is 0 Å². The minimum absolute atomic E-state index is 0.0995. The quantitative estimate of drug-likeness (QED) is 0.517. The molecule has 0 fully saturated rings. The lowest BCUT2D eigenvalue weighted by Crippen LogP contribution is -1.95. The van der Waals surface area contributed by atoms with E-state index in [2.05, 4.69) is 15.0 Å². The number of rotatable bonds is 0. The Morgan fingerprint density at radius 3 is 2.64 bits per heavy atom. The van der Waals surface area contributed by atoms with E-state index < -0.39 is 5.82 Å². The lowest BCUT2D eigenvalue weighted by molar-refractivity contribution is 0.630. The molecule has 3 nitrogen and oxygen atoms in total. The van der Waals surface area contributed by atoms with Crippen LogP contribution in [0.25, 0.3) is 10.9 Å². The highest BCUT2D eigenvalue weighted by Gasteiger charge is 2.12. The molecule has 0 spiro atoms. The van der Waals surface area contributed by atoms with Crippen LogP contribution in [0.4, 0.5) is 4.39 Å². The van der Waals surface area contributed by atoms with Gasteiger partial charge in [-0.1, -0.05) is 23.2 Å². The van der Waals surface area contributed by atoms with Crippen LogP contribution in [0.15, 0.2) is 6.20 Å². The first-order valence-corrected chi connectivity index (χ1v) is 4.49. The monoisotopic (exact) mass is 231 g/mol. The van der Waals surface area contributed by atoms with Crippen LogP contribution in [-0.2, 0) is 0 Å². The molecule has 0 aliphatic rings. The average molecular weight is 232 g/mol. The zero-order valence-electron chi connectivity index (χ0n) is 7.05. The summed E-state index contributed by atoms with van der Waals surface area (Å²) in [6.45, 7) is 1.62. The maximum absolute atomic E-state index is 13.4. The molecular weight excluding hydrogens is 228 g/mol. The van der Waals surface area contributed by atoms with Gasteiger partial charge in [-0.25, -0.2) is 19.3 Å². The van der Waals surface area contributed by atoms with E-state index in [1.54, 1.807) is 6.92 Å². The van der Waals surface area contributed by atoms with Gasteiger partial charge in [0.2, 0.25) is 0 Å². The highest BCUT2D eigenvalue weighted by atomic mass is 35.5. The molecule has 72 valence electrons. The fourth-order valence-corrected chi connectivity index (χ4v) is 1.50. The van der Waals surface area contributed by atoms with Crippen LogP contribution in [0.1, 0.15) is 5.82 Å². The van der Waals surface area contributed by atoms with Gasteiger partial charge in [0.1, 0.15) is 16.5 Å². The maximum atomic E-state index is 13.4. The van der Waals surface area contributed by atoms with E-state index in [0.29, 0.717) is 11.2 Å². The third-order valence-corrected chi connectivity index (χ3v) is 2.26. The number of halogens is 3. The Balaban J connectivity index is 2.95. The summed E-state index contributed by atoms with van der Waals surface area (Å²) in [7, 11) is 0. The first-order valence-electron chi connectivity index (χ1n) is 3.73. The largest absolute Gasteiger partial charge is 0.241 e. The summed E-state index contributed by atoms with van der Waals surface area (Å²) in [6, 6.07) is 0. The van der Waals surface area contributed by atoms with Crippen molar-refractivity contribution in [3.63, 3.8) is 0 Å². The van der Waals surface area contributed by atoms with E-state index in [0.717, 1.165) is 0 Å². The molecule has 6 heteroatoms. The number of aryl methyl sites for hydroxylation is 1. The van der Waals surface area contributed by atoms with Crippen molar-refractivity contribution in [2.24, 2.45) is 0 Å². The molecule has 0 saturated heterocycles. The normalized spacial score (nSPS) is 10.9. The topological polar surface area (TPSA) is 38.7 Å². The lowest BCUT2D eigenvalue weighted by atomic mass is 10.3. The van der Waals surface area contributed by atoms with Crippen LogP contribution in [0.3, 0.4) is 0 Å².